The van der Waals surface area contributed by atoms with Crippen molar-refractivity contribution in [3.63, 3.8) is 0 Å². The summed E-state index contributed by atoms with van der Waals surface area (Å²) in [5, 5.41) is 3.14. The summed E-state index contributed by atoms with van der Waals surface area (Å²) in [5.74, 6) is -4.90. The summed E-state index contributed by atoms with van der Waals surface area (Å²) >= 11 is 0. The molecule has 1 amide bonds. The average molecular weight is 376 g/mol. The first-order valence-electron chi connectivity index (χ1n) is 8.02. The molecule has 2 aromatic carbocycles. The van der Waals surface area contributed by atoms with Gasteiger partial charge < -0.3 is 15.0 Å². The zero-order valence-electron chi connectivity index (χ0n) is 14.2. The standard InChI is InChI=1S/C19H15F3N2O3/c1-27-12-2-5-15-11(9-12)8-10(18(25)24-15)6-7-23-19(26)13-3-4-14(20)17(22)16(13)21/h2-5,8-9H,6-7H2,1H3,(H,23,26)(H,24,25). The number of H-pyrrole nitrogens is 1. The largest absolute Gasteiger partial charge is 0.497 e. The molecule has 0 aliphatic heterocycles. The number of nitrogens with one attached hydrogen (secondary N) is 2. The van der Waals surface area contributed by atoms with Gasteiger partial charge in [0, 0.05) is 23.0 Å². The van der Waals surface area contributed by atoms with Gasteiger partial charge in [0.2, 0.25) is 0 Å². The lowest BCUT2D eigenvalue weighted by atomic mass is 10.1. The van der Waals surface area contributed by atoms with Gasteiger partial charge in [-0.25, -0.2) is 13.2 Å². The van der Waals surface area contributed by atoms with Gasteiger partial charge in [0.15, 0.2) is 17.5 Å². The summed E-state index contributed by atoms with van der Waals surface area (Å²) in [6.45, 7) is 0.00975. The van der Waals surface area contributed by atoms with Crippen LogP contribution in [0.1, 0.15) is 15.9 Å². The molecule has 5 nitrogen and oxygen atoms in total. The minimum atomic E-state index is -1.71. The molecule has 1 heterocycles. The van der Waals surface area contributed by atoms with Crippen LogP contribution in [0, 0.1) is 17.5 Å². The van der Waals surface area contributed by atoms with Gasteiger partial charge in [-0.1, -0.05) is 0 Å². The Morgan fingerprint density at radius 3 is 2.63 bits per heavy atom. The fourth-order valence-corrected chi connectivity index (χ4v) is 2.65. The topological polar surface area (TPSA) is 71.2 Å². The van der Waals surface area contributed by atoms with Crippen molar-refractivity contribution in [1.82, 2.24) is 10.3 Å². The number of carbonyl (C=O) groups excluding carboxylic acids is 1. The van der Waals surface area contributed by atoms with Gasteiger partial charge in [0.05, 0.1) is 12.7 Å². The highest BCUT2D eigenvalue weighted by atomic mass is 19.2. The molecule has 1 aromatic heterocycles. The molecule has 27 heavy (non-hydrogen) atoms. The molecule has 0 unspecified atom stereocenters. The maximum absolute atomic E-state index is 13.6. The number of rotatable bonds is 5. The number of fused-ring (bicyclic) bond motifs is 1. The maximum atomic E-state index is 13.6. The van der Waals surface area contributed by atoms with Crippen molar-refractivity contribution in [3.05, 3.63) is 75.3 Å². The minimum absolute atomic E-state index is 0.00975. The van der Waals surface area contributed by atoms with Gasteiger partial charge in [-0.3, -0.25) is 9.59 Å². The second-order valence-electron chi connectivity index (χ2n) is 5.81. The van der Waals surface area contributed by atoms with E-state index in [0.717, 1.165) is 11.5 Å². The number of methoxy groups -OCH3 is 1. The molecule has 0 bridgehead atoms. The smallest absolute Gasteiger partial charge is 0.254 e. The van der Waals surface area contributed by atoms with Gasteiger partial charge in [0.1, 0.15) is 5.75 Å². The van der Waals surface area contributed by atoms with Crippen LogP contribution in [0.4, 0.5) is 13.2 Å². The van der Waals surface area contributed by atoms with E-state index in [9.17, 15) is 22.8 Å². The lowest BCUT2D eigenvalue weighted by Crippen LogP contribution is -2.28. The molecule has 0 radical (unpaired) electrons. The third kappa shape index (κ3) is 3.79. The van der Waals surface area contributed by atoms with Gasteiger partial charge >= 0.3 is 0 Å². The summed E-state index contributed by atoms with van der Waals surface area (Å²) in [6, 6.07) is 8.39. The Morgan fingerprint density at radius 2 is 1.89 bits per heavy atom. The van der Waals surface area contributed by atoms with Crippen molar-refractivity contribution in [3.8, 4) is 5.75 Å². The molecule has 0 spiro atoms. The lowest BCUT2D eigenvalue weighted by molar-refractivity contribution is 0.0949. The van der Waals surface area contributed by atoms with E-state index in [1.54, 1.807) is 24.3 Å². The van der Waals surface area contributed by atoms with Crippen molar-refractivity contribution in [2.24, 2.45) is 0 Å². The first-order valence-corrected chi connectivity index (χ1v) is 8.02. The van der Waals surface area contributed by atoms with Crippen molar-refractivity contribution in [2.75, 3.05) is 13.7 Å². The Kier molecular flexibility index (Phi) is 5.16. The average Bonchev–Trinajstić information content (AvgIpc) is 2.66. The molecule has 0 saturated heterocycles. The molecule has 0 fully saturated rings. The third-order valence-electron chi connectivity index (χ3n) is 4.09. The Balaban J connectivity index is 1.73. The third-order valence-corrected chi connectivity index (χ3v) is 4.09. The zero-order chi connectivity index (χ0) is 19.6. The van der Waals surface area contributed by atoms with E-state index in [0.29, 0.717) is 22.9 Å². The van der Waals surface area contributed by atoms with E-state index in [1.807, 2.05) is 0 Å². The van der Waals surface area contributed by atoms with Crippen LogP contribution in [-0.4, -0.2) is 24.5 Å². The molecule has 140 valence electrons. The summed E-state index contributed by atoms with van der Waals surface area (Å²) in [6.07, 6.45) is 0.166. The van der Waals surface area contributed by atoms with Crippen LogP contribution in [0.5, 0.6) is 5.75 Å². The van der Waals surface area contributed by atoms with Crippen molar-refractivity contribution < 1.29 is 22.7 Å². The van der Waals surface area contributed by atoms with Gasteiger partial charge in [-0.2, -0.15) is 0 Å². The fourth-order valence-electron chi connectivity index (χ4n) is 2.65. The number of aromatic amines is 1. The Morgan fingerprint density at radius 1 is 1.11 bits per heavy atom. The Bertz CT molecular complexity index is 1080. The molecule has 0 atom stereocenters. The number of hydrogen-bond donors (Lipinski definition) is 2. The Labute approximate surface area is 151 Å². The van der Waals surface area contributed by atoms with Crippen LogP contribution < -0.4 is 15.6 Å². The van der Waals surface area contributed by atoms with Crippen LogP contribution in [-0.2, 0) is 6.42 Å². The van der Waals surface area contributed by atoms with Gasteiger partial charge in [0.25, 0.3) is 11.5 Å². The van der Waals surface area contributed by atoms with E-state index in [4.69, 9.17) is 4.74 Å². The molecule has 0 aliphatic rings. The van der Waals surface area contributed by atoms with E-state index >= 15 is 0 Å². The van der Waals surface area contributed by atoms with E-state index in [1.165, 1.54) is 7.11 Å². The molecule has 3 aromatic rings. The predicted octanol–water partition coefficient (Wildman–Crippen LogP) is 2.93. The summed E-state index contributed by atoms with van der Waals surface area (Å²) in [5.41, 5.74) is 0.117. The van der Waals surface area contributed by atoms with Crippen molar-refractivity contribution in [2.45, 2.75) is 6.42 Å². The van der Waals surface area contributed by atoms with E-state index in [-0.39, 0.29) is 18.5 Å². The van der Waals surface area contributed by atoms with E-state index in [2.05, 4.69) is 10.3 Å². The fraction of sp³-hybridized carbons (Fsp3) is 0.158. The SMILES string of the molecule is COc1ccc2[nH]c(=O)c(CCNC(=O)c3ccc(F)c(F)c3F)cc2c1. The van der Waals surface area contributed by atoms with Crippen LogP contribution in [0.15, 0.2) is 41.2 Å². The van der Waals surface area contributed by atoms with Gasteiger partial charge in [-0.05, 0) is 42.8 Å². The normalized spacial score (nSPS) is 10.8. The number of halogens is 3. The lowest BCUT2D eigenvalue weighted by Gasteiger charge is -2.08. The second kappa shape index (κ2) is 7.53. The molecule has 0 saturated carbocycles. The molecular weight excluding hydrogens is 361 g/mol. The number of benzene rings is 2. The highest BCUT2D eigenvalue weighted by Gasteiger charge is 2.18. The monoisotopic (exact) mass is 376 g/mol. The number of hydrogen-bond acceptors (Lipinski definition) is 3. The van der Waals surface area contributed by atoms with Crippen molar-refractivity contribution >= 4 is 16.8 Å². The first kappa shape index (κ1) is 18.5. The number of amides is 1. The summed E-state index contributed by atoms with van der Waals surface area (Å²) in [7, 11) is 1.53. The highest BCUT2D eigenvalue weighted by molar-refractivity contribution is 5.94. The van der Waals surface area contributed by atoms with Gasteiger partial charge in [-0.15, -0.1) is 0 Å². The van der Waals surface area contributed by atoms with Crippen LogP contribution in [0.3, 0.4) is 0 Å². The summed E-state index contributed by atoms with van der Waals surface area (Å²) in [4.78, 5) is 26.8. The first-order chi connectivity index (χ1) is 12.9. The highest BCUT2D eigenvalue weighted by Crippen LogP contribution is 2.19. The molecular formula is C19H15F3N2O3. The maximum Gasteiger partial charge on any atom is 0.254 e. The number of carbonyl (C=O) groups is 1. The summed E-state index contributed by atoms with van der Waals surface area (Å²) < 4.78 is 44.9. The number of aromatic nitrogens is 1. The van der Waals surface area contributed by atoms with Crippen LogP contribution in [0.25, 0.3) is 10.9 Å². The molecule has 2 N–H and O–H groups in total. The number of pyridine rings is 1. The zero-order valence-corrected chi connectivity index (χ0v) is 14.2. The van der Waals surface area contributed by atoms with Crippen LogP contribution >= 0.6 is 0 Å². The Hall–Kier alpha value is -3.29. The van der Waals surface area contributed by atoms with E-state index < -0.39 is 28.9 Å². The molecule has 3 rings (SSSR count). The molecule has 8 heteroatoms. The van der Waals surface area contributed by atoms with Crippen LogP contribution in [0.2, 0.25) is 0 Å². The molecule has 0 aliphatic carbocycles. The quantitative estimate of drug-likeness (QED) is 0.673. The predicted molar refractivity (Wildman–Crippen MR) is 93.5 cm³/mol. The second-order valence-corrected chi connectivity index (χ2v) is 5.81. The number of ether oxygens (including phenoxy) is 1. The van der Waals surface area contributed by atoms with Crippen molar-refractivity contribution in [1.29, 1.82) is 0 Å². The minimum Gasteiger partial charge on any atom is -0.497 e.